The van der Waals surface area contributed by atoms with Crippen LogP contribution in [0.1, 0.15) is 25.7 Å². The van der Waals surface area contributed by atoms with E-state index in [-0.39, 0.29) is 23.7 Å². The minimum atomic E-state index is -0.153. The van der Waals surface area contributed by atoms with Crippen LogP contribution >= 0.6 is 23.2 Å². The molecule has 2 aliphatic rings. The fourth-order valence-corrected chi connectivity index (χ4v) is 4.21. The van der Waals surface area contributed by atoms with Crippen LogP contribution in [-0.2, 0) is 9.59 Å². The monoisotopic (exact) mass is 389 g/mol. The number of imide groups is 1. The van der Waals surface area contributed by atoms with Gasteiger partial charge in [0.1, 0.15) is 11.5 Å². The number of rotatable bonds is 3. The molecule has 2 aromatic carbocycles. The van der Waals surface area contributed by atoms with E-state index < -0.39 is 0 Å². The maximum Gasteiger partial charge on any atom is 0.237 e. The highest BCUT2D eigenvalue weighted by Gasteiger charge is 2.48. The van der Waals surface area contributed by atoms with Gasteiger partial charge >= 0.3 is 0 Å². The van der Waals surface area contributed by atoms with Crippen LogP contribution in [-0.4, -0.2) is 11.8 Å². The number of ether oxygens (including phenoxy) is 1. The molecule has 26 heavy (non-hydrogen) atoms. The Morgan fingerprint density at radius 3 is 2.08 bits per heavy atom. The molecular weight excluding hydrogens is 373 g/mol. The second-order valence-electron chi connectivity index (χ2n) is 6.68. The summed E-state index contributed by atoms with van der Waals surface area (Å²) in [6.07, 6.45) is 3.65. The smallest absolute Gasteiger partial charge is 0.237 e. The van der Waals surface area contributed by atoms with Gasteiger partial charge in [0.2, 0.25) is 11.8 Å². The molecule has 0 radical (unpaired) electrons. The quantitative estimate of drug-likeness (QED) is 0.654. The number of nitrogens with zero attached hydrogens (tertiary/aromatic N) is 1. The summed E-state index contributed by atoms with van der Waals surface area (Å²) in [4.78, 5) is 26.6. The minimum absolute atomic E-state index is 0.0749. The van der Waals surface area contributed by atoms with E-state index in [0.717, 1.165) is 25.7 Å². The van der Waals surface area contributed by atoms with E-state index in [4.69, 9.17) is 27.9 Å². The van der Waals surface area contributed by atoms with E-state index in [9.17, 15) is 9.59 Å². The van der Waals surface area contributed by atoms with E-state index in [2.05, 4.69) is 0 Å². The molecule has 2 atom stereocenters. The minimum Gasteiger partial charge on any atom is -0.456 e. The first kappa shape index (κ1) is 17.4. The van der Waals surface area contributed by atoms with Crippen molar-refractivity contribution in [2.75, 3.05) is 4.90 Å². The third-order valence-electron chi connectivity index (χ3n) is 5.06. The molecule has 2 fully saturated rings. The lowest BCUT2D eigenvalue weighted by Crippen LogP contribution is -2.30. The maximum atomic E-state index is 12.6. The van der Waals surface area contributed by atoms with Gasteiger partial charge in [-0.1, -0.05) is 36.0 Å². The molecule has 1 aliphatic carbocycles. The summed E-state index contributed by atoms with van der Waals surface area (Å²) >= 11 is 12.0. The topological polar surface area (TPSA) is 46.6 Å². The highest BCUT2D eigenvalue weighted by molar-refractivity contribution is 6.35. The molecule has 1 aliphatic heterocycles. The van der Waals surface area contributed by atoms with Gasteiger partial charge in [0.25, 0.3) is 0 Å². The van der Waals surface area contributed by atoms with Crippen LogP contribution in [0.15, 0.2) is 42.5 Å². The molecule has 0 N–H and O–H groups in total. The number of benzene rings is 2. The average molecular weight is 390 g/mol. The maximum absolute atomic E-state index is 12.6. The summed E-state index contributed by atoms with van der Waals surface area (Å²) in [6, 6.07) is 11.9. The van der Waals surface area contributed by atoms with E-state index in [1.807, 2.05) is 0 Å². The number of halogens is 2. The zero-order chi connectivity index (χ0) is 18.3. The van der Waals surface area contributed by atoms with Crippen molar-refractivity contribution in [3.05, 3.63) is 52.5 Å². The Kier molecular flexibility index (Phi) is 4.63. The number of amides is 2. The van der Waals surface area contributed by atoms with Gasteiger partial charge in [0, 0.05) is 5.02 Å². The van der Waals surface area contributed by atoms with Gasteiger partial charge in [-0.15, -0.1) is 0 Å². The van der Waals surface area contributed by atoms with E-state index >= 15 is 0 Å². The largest absolute Gasteiger partial charge is 0.456 e. The fourth-order valence-electron chi connectivity index (χ4n) is 3.76. The van der Waals surface area contributed by atoms with Crippen LogP contribution in [0.3, 0.4) is 0 Å². The summed E-state index contributed by atoms with van der Waals surface area (Å²) in [5, 5.41) is 0.945. The molecule has 0 bridgehead atoms. The Hall–Kier alpha value is -2.04. The Morgan fingerprint density at radius 2 is 1.50 bits per heavy atom. The Morgan fingerprint density at radius 1 is 0.885 bits per heavy atom. The lowest BCUT2D eigenvalue weighted by molar-refractivity contribution is -0.122. The van der Waals surface area contributed by atoms with Gasteiger partial charge in [-0.05, 0) is 55.3 Å². The Balaban J connectivity index is 1.54. The van der Waals surface area contributed by atoms with Crippen molar-refractivity contribution in [3.63, 3.8) is 0 Å². The molecule has 2 amide bonds. The standard InChI is InChI=1S/C20H17Cl2NO3/c21-12-5-10-18(17(22)11-12)26-14-8-6-13(7-9-14)23-19(24)15-3-1-2-4-16(15)20(23)25/h5-11,15-16H,1-4H2/t15-,16+. The number of carbonyl (C=O) groups is 2. The van der Waals surface area contributed by atoms with Crippen molar-refractivity contribution >= 4 is 40.7 Å². The van der Waals surface area contributed by atoms with Gasteiger partial charge in [0.05, 0.1) is 22.5 Å². The first-order chi connectivity index (χ1) is 12.5. The first-order valence-electron chi connectivity index (χ1n) is 8.65. The summed E-state index contributed by atoms with van der Waals surface area (Å²) in [5.41, 5.74) is 0.587. The zero-order valence-corrected chi connectivity index (χ0v) is 15.5. The van der Waals surface area contributed by atoms with E-state index in [1.165, 1.54) is 4.90 Å². The van der Waals surface area contributed by atoms with Gasteiger partial charge in [-0.3, -0.25) is 14.5 Å². The predicted octanol–water partition coefficient (Wildman–Crippen LogP) is 5.47. The molecule has 1 saturated carbocycles. The molecule has 2 aromatic rings. The highest BCUT2D eigenvalue weighted by Crippen LogP contribution is 2.40. The zero-order valence-electron chi connectivity index (χ0n) is 14.0. The van der Waals surface area contributed by atoms with Crippen LogP contribution in [0.25, 0.3) is 0 Å². The Labute approximate surface area is 161 Å². The first-order valence-corrected chi connectivity index (χ1v) is 9.41. The number of fused-ring (bicyclic) bond motifs is 1. The number of anilines is 1. The molecule has 1 saturated heterocycles. The molecule has 4 nitrogen and oxygen atoms in total. The number of carbonyl (C=O) groups excluding carboxylic acids is 2. The van der Waals surface area contributed by atoms with Gasteiger partial charge in [-0.2, -0.15) is 0 Å². The summed E-state index contributed by atoms with van der Waals surface area (Å²) < 4.78 is 5.75. The SMILES string of the molecule is O=C1[C@H]2CCCC[C@H]2C(=O)N1c1ccc(Oc2ccc(Cl)cc2Cl)cc1. The molecule has 134 valence electrons. The van der Waals surface area contributed by atoms with Crippen LogP contribution in [0.2, 0.25) is 10.0 Å². The van der Waals surface area contributed by atoms with Crippen molar-refractivity contribution in [2.45, 2.75) is 25.7 Å². The second-order valence-corrected chi connectivity index (χ2v) is 7.52. The lowest BCUT2D eigenvalue weighted by Gasteiger charge is -2.19. The van der Waals surface area contributed by atoms with Crippen LogP contribution in [0, 0.1) is 11.8 Å². The number of hydrogen-bond donors (Lipinski definition) is 0. The summed E-state index contributed by atoms with van der Waals surface area (Å²) in [5.74, 6) is 0.598. The van der Waals surface area contributed by atoms with Crippen molar-refractivity contribution in [2.24, 2.45) is 11.8 Å². The fraction of sp³-hybridized carbons (Fsp3) is 0.300. The van der Waals surface area contributed by atoms with Crippen molar-refractivity contribution in [1.82, 2.24) is 0 Å². The predicted molar refractivity (Wildman–Crippen MR) is 101 cm³/mol. The molecular formula is C20H17Cl2NO3. The molecule has 6 heteroatoms. The van der Waals surface area contributed by atoms with Crippen LogP contribution < -0.4 is 9.64 Å². The van der Waals surface area contributed by atoms with Crippen molar-refractivity contribution in [1.29, 1.82) is 0 Å². The van der Waals surface area contributed by atoms with Crippen molar-refractivity contribution < 1.29 is 14.3 Å². The average Bonchev–Trinajstić information content (AvgIpc) is 2.90. The van der Waals surface area contributed by atoms with Gasteiger partial charge < -0.3 is 4.74 Å². The van der Waals surface area contributed by atoms with Crippen molar-refractivity contribution in [3.8, 4) is 11.5 Å². The molecule has 0 aromatic heterocycles. The van der Waals surface area contributed by atoms with E-state index in [0.29, 0.717) is 27.2 Å². The summed E-state index contributed by atoms with van der Waals surface area (Å²) in [7, 11) is 0. The highest BCUT2D eigenvalue weighted by atomic mass is 35.5. The molecule has 0 unspecified atom stereocenters. The third-order valence-corrected chi connectivity index (χ3v) is 5.59. The normalized spacial score (nSPS) is 22.5. The van der Waals surface area contributed by atoms with E-state index in [1.54, 1.807) is 42.5 Å². The molecule has 1 heterocycles. The second kappa shape index (κ2) is 6.93. The van der Waals surface area contributed by atoms with Gasteiger partial charge in [0.15, 0.2) is 0 Å². The molecule has 4 rings (SSSR count). The third kappa shape index (κ3) is 3.08. The lowest BCUT2D eigenvalue weighted by atomic mass is 9.81. The Bertz CT molecular complexity index is 842. The molecule has 0 spiro atoms. The van der Waals surface area contributed by atoms with Crippen LogP contribution in [0.4, 0.5) is 5.69 Å². The number of hydrogen-bond acceptors (Lipinski definition) is 3. The van der Waals surface area contributed by atoms with Crippen LogP contribution in [0.5, 0.6) is 11.5 Å². The van der Waals surface area contributed by atoms with Gasteiger partial charge in [-0.25, -0.2) is 0 Å². The summed E-state index contributed by atoms with van der Waals surface area (Å²) in [6.45, 7) is 0.